The van der Waals surface area contributed by atoms with Crippen LogP contribution in [0.1, 0.15) is 57.4 Å². The van der Waals surface area contributed by atoms with Gasteiger partial charge < -0.3 is 4.90 Å². The van der Waals surface area contributed by atoms with Crippen molar-refractivity contribution in [1.29, 1.82) is 0 Å². The number of amides is 1. The van der Waals surface area contributed by atoms with Gasteiger partial charge in [0.25, 0.3) is 0 Å². The summed E-state index contributed by atoms with van der Waals surface area (Å²) in [5, 5.41) is -0.318. The predicted molar refractivity (Wildman–Crippen MR) is 97.4 cm³/mol. The molecule has 1 aromatic rings. The molecular weight excluding hydrogens is 322 g/mol. The monoisotopic (exact) mass is 351 g/mol. The quantitative estimate of drug-likeness (QED) is 0.673. The fraction of sp³-hybridized carbons (Fsp3) is 0.632. The van der Waals surface area contributed by atoms with Crippen LogP contribution in [0.25, 0.3) is 0 Å². The zero-order valence-corrected chi connectivity index (χ0v) is 15.4. The van der Waals surface area contributed by atoms with Gasteiger partial charge >= 0.3 is 0 Å². The summed E-state index contributed by atoms with van der Waals surface area (Å²) in [6, 6.07) is 9.33. The van der Waals surface area contributed by atoms with Gasteiger partial charge in [0.05, 0.1) is 11.0 Å². The molecule has 0 N–H and O–H groups in total. The Morgan fingerprint density at radius 2 is 1.75 bits per heavy atom. The van der Waals surface area contributed by atoms with Crippen molar-refractivity contribution in [2.24, 2.45) is 0 Å². The van der Waals surface area contributed by atoms with Crippen molar-refractivity contribution >= 4 is 15.7 Å². The first kappa shape index (κ1) is 19.0. The van der Waals surface area contributed by atoms with Crippen molar-refractivity contribution in [2.45, 2.75) is 62.9 Å². The minimum atomic E-state index is -3.15. The Bertz CT molecular complexity index is 605. The fourth-order valence-corrected chi connectivity index (χ4v) is 5.07. The SMILES string of the molecule is CCCCCCC(=O)N1CCC(S(=O)(=O)Cc2ccccc2)CC1. The highest BCUT2D eigenvalue weighted by atomic mass is 32.2. The van der Waals surface area contributed by atoms with Gasteiger partial charge in [-0.05, 0) is 24.8 Å². The largest absolute Gasteiger partial charge is 0.343 e. The van der Waals surface area contributed by atoms with E-state index in [0.717, 1.165) is 18.4 Å². The van der Waals surface area contributed by atoms with Crippen molar-refractivity contribution in [1.82, 2.24) is 4.90 Å². The Balaban J connectivity index is 1.80. The highest BCUT2D eigenvalue weighted by Gasteiger charge is 2.31. The Kier molecular flexibility index (Phi) is 7.28. The van der Waals surface area contributed by atoms with Gasteiger partial charge in [-0.1, -0.05) is 56.5 Å². The van der Waals surface area contributed by atoms with E-state index in [1.54, 1.807) is 0 Å². The van der Waals surface area contributed by atoms with Crippen LogP contribution in [-0.4, -0.2) is 37.6 Å². The summed E-state index contributed by atoms with van der Waals surface area (Å²) in [7, 11) is -3.15. The zero-order valence-electron chi connectivity index (χ0n) is 14.6. The van der Waals surface area contributed by atoms with E-state index >= 15 is 0 Å². The van der Waals surface area contributed by atoms with Crippen LogP contribution in [0.15, 0.2) is 30.3 Å². The summed E-state index contributed by atoms with van der Waals surface area (Å²) < 4.78 is 25.1. The molecule has 1 aromatic carbocycles. The molecule has 1 saturated heterocycles. The van der Waals surface area contributed by atoms with Crippen LogP contribution in [0.4, 0.5) is 0 Å². The maximum Gasteiger partial charge on any atom is 0.222 e. The maximum absolute atomic E-state index is 12.6. The Hall–Kier alpha value is -1.36. The van der Waals surface area contributed by atoms with Gasteiger partial charge in [0, 0.05) is 19.5 Å². The summed E-state index contributed by atoms with van der Waals surface area (Å²) in [6.07, 6.45) is 6.11. The molecule has 0 radical (unpaired) electrons. The molecule has 0 atom stereocenters. The molecule has 1 fully saturated rings. The van der Waals surface area contributed by atoms with Crippen molar-refractivity contribution < 1.29 is 13.2 Å². The smallest absolute Gasteiger partial charge is 0.222 e. The van der Waals surface area contributed by atoms with E-state index in [2.05, 4.69) is 6.92 Å². The van der Waals surface area contributed by atoms with Gasteiger partial charge in [0.15, 0.2) is 9.84 Å². The Morgan fingerprint density at radius 3 is 2.38 bits per heavy atom. The van der Waals surface area contributed by atoms with Gasteiger partial charge in [-0.25, -0.2) is 8.42 Å². The lowest BCUT2D eigenvalue weighted by atomic mass is 10.1. The number of hydrogen-bond acceptors (Lipinski definition) is 3. The Morgan fingerprint density at radius 1 is 1.08 bits per heavy atom. The molecule has 0 unspecified atom stereocenters. The lowest BCUT2D eigenvalue weighted by Crippen LogP contribution is -2.42. The summed E-state index contributed by atoms with van der Waals surface area (Å²) in [6.45, 7) is 3.30. The first-order valence-electron chi connectivity index (χ1n) is 9.06. The lowest BCUT2D eigenvalue weighted by Gasteiger charge is -2.32. The van der Waals surface area contributed by atoms with Crippen molar-refractivity contribution in [3.8, 4) is 0 Å². The van der Waals surface area contributed by atoms with E-state index in [1.165, 1.54) is 12.8 Å². The Labute approximate surface area is 146 Å². The van der Waals surface area contributed by atoms with Gasteiger partial charge in [0.2, 0.25) is 5.91 Å². The minimum absolute atomic E-state index is 0.101. The minimum Gasteiger partial charge on any atom is -0.343 e. The second-order valence-electron chi connectivity index (χ2n) is 6.68. The summed E-state index contributed by atoms with van der Waals surface area (Å²) >= 11 is 0. The number of carbonyl (C=O) groups excluding carboxylic acids is 1. The van der Waals surface area contributed by atoms with Crippen molar-refractivity contribution in [3.05, 3.63) is 35.9 Å². The molecular formula is C19H29NO3S. The number of carbonyl (C=O) groups is 1. The molecule has 5 heteroatoms. The second kappa shape index (κ2) is 9.21. The van der Waals surface area contributed by atoms with E-state index in [-0.39, 0.29) is 16.9 Å². The van der Waals surface area contributed by atoms with Gasteiger partial charge in [-0.3, -0.25) is 4.79 Å². The molecule has 1 amide bonds. The van der Waals surface area contributed by atoms with Gasteiger partial charge in [0.1, 0.15) is 0 Å². The summed E-state index contributed by atoms with van der Waals surface area (Å²) in [4.78, 5) is 14.0. The average molecular weight is 352 g/mol. The van der Waals surface area contributed by atoms with E-state index < -0.39 is 9.84 Å². The number of hydrogen-bond donors (Lipinski definition) is 0. The normalized spacial score (nSPS) is 16.3. The van der Waals surface area contributed by atoms with Crippen molar-refractivity contribution in [2.75, 3.05) is 13.1 Å². The van der Waals surface area contributed by atoms with Crippen LogP contribution in [0.3, 0.4) is 0 Å². The fourth-order valence-electron chi connectivity index (χ4n) is 3.25. The molecule has 4 nitrogen and oxygen atoms in total. The van der Waals surface area contributed by atoms with E-state index in [1.807, 2.05) is 35.2 Å². The van der Waals surface area contributed by atoms with Crippen LogP contribution in [-0.2, 0) is 20.4 Å². The third kappa shape index (κ3) is 5.62. The molecule has 0 bridgehead atoms. The zero-order chi connectivity index (χ0) is 17.4. The van der Waals surface area contributed by atoms with Crippen LogP contribution < -0.4 is 0 Å². The molecule has 0 aliphatic carbocycles. The number of benzene rings is 1. The lowest BCUT2D eigenvalue weighted by molar-refractivity contribution is -0.132. The number of piperidine rings is 1. The molecule has 0 aromatic heterocycles. The van der Waals surface area contributed by atoms with Gasteiger partial charge in [-0.2, -0.15) is 0 Å². The van der Waals surface area contributed by atoms with E-state index in [0.29, 0.717) is 32.4 Å². The predicted octanol–water partition coefficient (Wildman–Crippen LogP) is 3.56. The molecule has 0 spiro atoms. The topological polar surface area (TPSA) is 54.5 Å². The molecule has 24 heavy (non-hydrogen) atoms. The van der Waals surface area contributed by atoms with Gasteiger partial charge in [-0.15, -0.1) is 0 Å². The summed E-state index contributed by atoms with van der Waals surface area (Å²) in [5.74, 6) is 0.286. The van der Waals surface area contributed by atoms with Crippen LogP contribution in [0.2, 0.25) is 0 Å². The van der Waals surface area contributed by atoms with E-state index in [4.69, 9.17) is 0 Å². The molecule has 1 aliphatic rings. The molecule has 134 valence electrons. The molecule has 2 rings (SSSR count). The third-order valence-electron chi connectivity index (χ3n) is 4.76. The van der Waals surface area contributed by atoms with Crippen LogP contribution >= 0.6 is 0 Å². The molecule has 0 saturated carbocycles. The second-order valence-corrected chi connectivity index (χ2v) is 8.96. The van der Waals surface area contributed by atoms with Crippen molar-refractivity contribution in [3.63, 3.8) is 0 Å². The average Bonchev–Trinajstić information content (AvgIpc) is 2.59. The standard InChI is InChI=1S/C19H29NO3S/c1-2-3-4-8-11-19(21)20-14-12-18(13-15-20)24(22,23)16-17-9-6-5-7-10-17/h5-7,9-10,18H,2-4,8,11-16H2,1H3. The van der Waals surface area contributed by atoms with Crippen LogP contribution in [0.5, 0.6) is 0 Å². The highest BCUT2D eigenvalue weighted by molar-refractivity contribution is 7.91. The number of likely N-dealkylation sites (tertiary alicyclic amines) is 1. The molecule has 1 aliphatic heterocycles. The number of unbranched alkanes of at least 4 members (excludes halogenated alkanes) is 3. The maximum atomic E-state index is 12.6. The number of sulfone groups is 1. The first-order chi connectivity index (χ1) is 11.5. The first-order valence-corrected chi connectivity index (χ1v) is 10.8. The number of rotatable bonds is 8. The van der Waals surface area contributed by atoms with E-state index in [9.17, 15) is 13.2 Å². The highest BCUT2D eigenvalue weighted by Crippen LogP contribution is 2.22. The summed E-state index contributed by atoms with van der Waals surface area (Å²) in [5.41, 5.74) is 0.840. The molecule has 1 heterocycles. The van der Waals surface area contributed by atoms with Crippen LogP contribution in [0, 0.1) is 0 Å². The number of nitrogens with zero attached hydrogens (tertiary/aromatic N) is 1. The third-order valence-corrected chi connectivity index (χ3v) is 6.98.